The van der Waals surface area contributed by atoms with E-state index in [2.05, 4.69) is 20.4 Å². The van der Waals surface area contributed by atoms with Crippen LogP contribution < -0.4 is 0 Å². The molecule has 1 rings (SSSR count). The molecule has 0 aliphatic heterocycles. The fraction of sp³-hybridized carbons (Fsp3) is 0.769. The molecular weight excluding hydrogens is 188 g/mol. The standard InChI is InChI=1S/C13H22O2/c1-9(2)11-6-5-10(3)12(7-11)8-13(14)15-4/h10-12H,1,5-8H2,2-4H3/t10-,11-,12-/m1/s1. The zero-order chi connectivity index (χ0) is 11.4. The van der Waals surface area contributed by atoms with Crippen LogP contribution in [0.5, 0.6) is 0 Å². The first-order valence-corrected chi connectivity index (χ1v) is 5.76. The van der Waals surface area contributed by atoms with E-state index < -0.39 is 0 Å². The molecule has 0 unspecified atom stereocenters. The lowest BCUT2D eigenvalue weighted by atomic mass is 9.72. The van der Waals surface area contributed by atoms with E-state index in [9.17, 15) is 4.79 Å². The number of esters is 1. The van der Waals surface area contributed by atoms with Gasteiger partial charge in [-0.2, -0.15) is 0 Å². The topological polar surface area (TPSA) is 26.3 Å². The molecule has 0 amide bonds. The molecule has 1 saturated carbocycles. The lowest BCUT2D eigenvalue weighted by Crippen LogP contribution is -2.26. The average Bonchev–Trinajstić information content (AvgIpc) is 2.20. The highest BCUT2D eigenvalue weighted by atomic mass is 16.5. The molecule has 2 heteroatoms. The largest absolute Gasteiger partial charge is 0.469 e. The van der Waals surface area contributed by atoms with E-state index in [0.29, 0.717) is 24.2 Å². The highest BCUT2D eigenvalue weighted by molar-refractivity contribution is 5.69. The molecule has 0 aromatic rings. The van der Waals surface area contributed by atoms with Gasteiger partial charge in [0.25, 0.3) is 0 Å². The highest BCUT2D eigenvalue weighted by Gasteiger charge is 2.29. The maximum atomic E-state index is 11.3. The van der Waals surface area contributed by atoms with Crippen LogP contribution in [0.25, 0.3) is 0 Å². The SMILES string of the molecule is C=C(C)[C@@H]1CC[C@@H](C)[C@@H](CC(=O)OC)C1. The molecule has 0 aromatic heterocycles. The molecule has 0 N–H and O–H groups in total. The third kappa shape index (κ3) is 3.37. The van der Waals surface area contributed by atoms with Crippen molar-refractivity contribution in [3.63, 3.8) is 0 Å². The zero-order valence-corrected chi connectivity index (χ0v) is 10.1. The normalized spacial score (nSPS) is 31.0. The second kappa shape index (κ2) is 5.34. The first kappa shape index (κ1) is 12.3. The van der Waals surface area contributed by atoms with Crippen LogP contribution in [0.4, 0.5) is 0 Å². The fourth-order valence-corrected chi connectivity index (χ4v) is 2.44. The smallest absolute Gasteiger partial charge is 0.305 e. The number of hydrogen-bond donors (Lipinski definition) is 0. The van der Waals surface area contributed by atoms with E-state index in [4.69, 9.17) is 4.74 Å². The first-order valence-electron chi connectivity index (χ1n) is 5.76. The third-order valence-corrected chi connectivity index (χ3v) is 3.72. The lowest BCUT2D eigenvalue weighted by Gasteiger charge is -2.34. The van der Waals surface area contributed by atoms with Crippen molar-refractivity contribution in [3.8, 4) is 0 Å². The second-order valence-corrected chi connectivity index (χ2v) is 4.87. The predicted molar refractivity (Wildman–Crippen MR) is 61.4 cm³/mol. The first-order chi connectivity index (χ1) is 7.04. The van der Waals surface area contributed by atoms with Gasteiger partial charge in [-0.3, -0.25) is 4.79 Å². The number of carbonyl (C=O) groups is 1. The van der Waals surface area contributed by atoms with Crippen LogP contribution in [-0.4, -0.2) is 13.1 Å². The monoisotopic (exact) mass is 210 g/mol. The zero-order valence-electron chi connectivity index (χ0n) is 10.1. The highest BCUT2D eigenvalue weighted by Crippen LogP contribution is 2.38. The summed E-state index contributed by atoms with van der Waals surface area (Å²) in [6.45, 7) is 8.35. The molecule has 1 aliphatic carbocycles. The van der Waals surface area contributed by atoms with Gasteiger partial charge in [-0.1, -0.05) is 19.1 Å². The Balaban J connectivity index is 2.53. The van der Waals surface area contributed by atoms with Crippen LogP contribution >= 0.6 is 0 Å². The summed E-state index contributed by atoms with van der Waals surface area (Å²) in [6, 6.07) is 0. The van der Waals surface area contributed by atoms with Gasteiger partial charge in [0, 0.05) is 6.42 Å². The van der Waals surface area contributed by atoms with Crippen LogP contribution in [0.15, 0.2) is 12.2 Å². The van der Waals surface area contributed by atoms with Crippen LogP contribution in [0.2, 0.25) is 0 Å². The van der Waals surface area contributed by atoms with Gasteiger partial charge in [0.05, 0.1) is 7.11 Å². The molecule has 0 saturated heterocycles. The van der Waals surface area contributed by atoms with Crippen molar-refractivity contribution in [2.75, 3.05) is 7.11 Å². The molecule has 0 radical (unpaired) electrons. The van der Waals surface area contributed by atoms with Gasteiger partial charge in [0.15, 0.2) is 0 Å². The lowest BCUT2D eigenvalue weighted by molar-refractivity contribution is -0.142. The quantitative estimate of drug-likeness (QED) is 0.528. The van der Waals surface area contributed by atoms with Crippen LogP contribution in [-0.2, 0) is 9.53 Å². The van der Waals surface area contributed by atoms with E-state index in [1.54, 1.807) is 0 Å². The van der Waals surface area contributed by atoms with E-state index in [1.807, 2.05) is 0 Å². The number of allylic oxidation sites excluding steroid dienone is 1. The number of ether oxygens (including phenoxy) is 1. The van der Waals surface area contributed by atoms with Gasteiger partial charge in [-0.15, -0.1) is 0 Å². The van der Waals surface area contributed by atoms with Gasteiger partial charge in [0.1, 0.15) is 0 Å². The van der Waals surface area contributed by atoms with E-state index >= 15 is 0 Å². The molecule has 1 fully saturated rings. The summed E-state index contributed by atoms with van der Waals surface area (Å²) in [5.74, 6) is 1.65. The van der Waals surface area contributed by atoms with Crippen molar-refractivity contribution in [2.24, 2.45) is 17.8 Å². The number of carbonyl (C=O) groups excluding carboxylic acids is 1. The number of methoxy groups -OCH3 is 1. The molecular formula is C13H22O2. The van der Waals surface area contributed by atoms with Gasteiger partial charge < -0.3 is 4.74 Å². The van der Waals surface area contributed by atoms with Crippen molar-refractivity contribution in [1.82, 2.24) is 0 Å². The molecule has 3 atom stereocenters. The van der Waals surface area contributed by atoms with Gasteiger partial charge in [0.2, 0.25) is 0 Å². The Kier molecular flexibility index (Phi) is 4.37. The van der Waals surface area contributed by atoms with Gasteiger partial charge in [-0.05, 0) is 43.9 Å². The Morgan fingerprint density at radius 3 is 2.67 bits per heavy atom. The minimum atomic E-state index is -0.0748. The maximum absolute atomic E-state index is 11.3. The van der Waals surface area contributed by atoms with E-state index in [0.717, 1.165) is 6.42 Å². The molecule has 1 aliphatic rings. The van der Waals surface area contributed by atoms with Crippen molar-refractivity contribution in [2.45, 2.75) is 39.5 Å². The Morgan fingerprint density at radius 1 is 1.47 bits per heavy atom. The van der Waals surface area contributed by atoms with Crippen LogP contribution in [0.3, 0.4) is 0 Å². The minimum Gasteiger partial charge on any atom is -0.469 e. The van der Waals surface area contributed by atoms with Crippen molar-refractivity contribution in [1.29, 1.82) is 0 Å². The maximum Gasteiger partial charge on any atom is 0.305 e. The summed E-state index contributed by atoms with van der Waals surface area (Å²) in [6.07, 6.45) is 4.11. The summed E-state index contributed by atoms with van der Waals surface area (Å²) in [5, 5.41) is 0. The van der Waals surface area contributed by atoms with Crippen molar-refractivity contribution < 1.29 is 9.53 Å². The average molecular weight is 210 g/mol. The number of hydrogen-bond acceptors (Lipinski definition) is 2. The Morgan fingerprint density at radius 2 is 2.13 bits per heavy atom. The Hall–Kier alpha value is -0.790. The summed E-state index contributed by atoms with van der Waals surface area (Å²) in [4.78, 5) is 11.3. The Labute approximate surface area is 92.7 Å². The molecule has 0 bridgehead atoms. The van der Waals surface area contributed by atoms with E-state index in [-0.39, 0.29) is 5.97 Å². The van der Waals surface area contributed by atoms with Gasteiger partial charge in [-0.25, -0.2) is 0 Å². The van der Waals surface area contributed by atoms with E-state index in [1.165, 1.54) is 25.5 Å². The van der Waals surface area contributed by atoms with Crippen molar-refractivity contribution in [3.05, 3.63) is 12.2 Å². The fourth-order valence-electron chi connectivity index (χ4n) is 2.44. The summed E-state index contributed by atoms with van der Waals surface area (Å²) in [5.41, 5.74) is 1.26. The van der Waals surface area contributed by atoms with Gasteiger partial charge >= 0.3 is 5.97 Å². The molecule has 0 heterocycles. The van der Waals surface area contributed by atoms with Crippen LogP contribution in [0, 0.1) is 17.8 Å². The molecule has 0 aromatic carbocycles. The summed E-state index contributed by atoms with van der Waals surface area (Å²) < 4.78 is 4.74. The van der Waals surface area contributed by atoms with Crippen LogP contribution in [0.1, 0.15) is 39.5 Å². The molecule has 15 heavy (non-hydrogen) atoms. The number of rotatable bonds is 3. The molecule has 0 spiro atoms. The predicted octanol–water partition coefficient (Wildman–Crippen LogP) is 3.18. The molecule has 86 valence electrons. The Bertz CT molecular complexity index is 245. The minimum absolute atomic E-state index is 0.0748. The van der Waals surface area contributed by atoms with Crippen molar-refractivity contribution >= 4 is 5.97 Å². The third-order valence-electron chi connectivity index (χ3n) is 3.72. The molecule has 2 nitrogen and oxygen atoms in total. The summed E-state index contributed by atoms with van der Waals surface area (Å²) in [7, 11) is 1.46. The summed E-state index contributed by atoms with van der Waals surface area (Å²) >= 11 is 0. The second-order valence-electron chi connectivity index (χ2n) is 4.87.